The lowest BCUT2D eigenvalue weighted by molar-refractivity contribution is 0.478. The summed E-state index contributed by atoms with van der Waals surface area (Å²) >= 11 is 1.62. The molecule has 0 amide bonds. The number of aryl methyl sites for hydroxylation is 1. The molecule has 18 heavy (non-hydrogen) atoms. The van der Waals surface area contributed by atoms with E-state index in [0.29, 0.717) is 5.69 Å². The van der Waals surface area contributed by atoms with E-state index < -0.39 is 0 Å². The molecule has 0 saturated heterocycles. The van der Waals surface area contributed by atoms with Gasteiger partial charge in [0.05, 0.1) is 15.9 Å². The number of hydrogen-bond donors (Lipinski definition) is 2. The third kappa shape index (κ3) is 1.71. The Kier molecular flexibility index (Phi) is 2.45. The van der Waals surface area contributed by atoms with Crippen LogP contribution in [0.1, 0.15) is 5.56 Å². The van der Waals surface area contributed by atoms with E-state index in [4.69, 9.17) is 5.73 Å². The van der Waals surface area contributed by atoms with Gasteiger partial charge in [-0.1, -0.05) is 12.1 Å². The smallest absolute Gasteiger partial charge is 0.139 e. The van der Waals surface area contributed by atoms with Gasteiger partial charge in [0.1, 0.15) is 10.8 Å². The number of rotatable bonds is 1. The lowest BCUT2D eigenvalue weighted by atomic mass is 10.2. The Bertz CT molecular complexity index is 734. The van der Waals surface area contributed by atoms with Gasteiger partial charge in [-0.15, -0.1) is 11.3 Å². The van der Waals surface area contributed by atoms with Crippen molar-refractivity contribution in [1.29, 1.82) is 0 Å². The molecule has 1 aromatic heterocycles. The molecule has 0 unspecified atom stereocenters. The highest BCUT2D eigenvalue weighted by Crippen LogP contribution is 2.34. The molecular weight excluding hydrogens is 244 g/mol. The molecule has 0 aliphatic rings. The van der Waals surface area contributed by atoms with Crippen LogP contribution < -0.4 is 5.73 Å². The second kappa shape index (κ2) is 3.99. The molecule has 0 saturated carbocycles. The first kappa shape index (κ1) is 11.0. The molecule has 90 valence electrons. The zero-order valence-electron chi connectivity index (χ0n) is 9.84. The minimum atomic E-state index is 0.100. The number of nitrogens with zero attached hydrogens (tertiary/aromatic N) is 1. The summed E-state index contributed by atoms with van der Waals surface area (Å²) in [4.78, 5) is 4.62. The number of fused-ring (bicyclic) bond motifs is 1. The van der Waals surface area contributed by atoms with E-state index >= 15 is 0 Å². The summed E-state index contributed by atoms with van der Waals surface area (Å²) in [5, 5.41) is 10.5. The molecule has 0 aliphatic heterocycles. The Hall–Kier alpha value is -2.07. The minimum Gasteiger partial charge on any atom is -0.506 e. The number of para-hydroxylation sites is 1. The fraction of sp³-hybridized carbons (Fsp3) is 0.0714. The fourth-order valence-corrected chi connectivity index (χ4v) is 2.93. The highest BCUT2D eigenvalue weighted by atomic mass is 32.1. The van der Waals surface area contributed by atoms with E-state index in [1.54, 1.807) is 23.5 Å². The Morgan fingerprint density at radius 3 is 2.78 bits per heavy atom. The Morgan fingerprint density at radius 2 is 2.06 bits per heavy atom. The minimum absolute atomic E-state index is 0.100. The summed E-state index contributed by atoms with van der Waals surface area (Å²) in [5.41, 5.74) is 9.06. The van der Waals surface area contributed by atoms with Crippen molar-refractivity contribution in [3.63, 3.8) is 0 Å². The number of nitrogens with two attached hydrogens (primary N) is 1. The maximum atomic E-state index is 9.64. The number of nitrogen functional groups attached to an aromatic ring is 1. The number of thiazole rings is 1. The van der Waals surface area contributed by atoms with Crippen LogP contribution >= 0.6 is 11.3 Å². The van der Waals surface area contributed by atoms with Crippen molar-refractivity contribution in [1.82, 2.24) is 4.98 Å². The molecule has 3 nitrogen and oxygen atoms in total. The van der Waals surface area contributed by atoms with Crippen molar-refractivity contribution in [3.8, 4) is 16.3 Å². The van der Waals surface area contributed by atoms with E-state index in [2.05, 4.69) is 11.1 Å². The number of hydrogen-bond acceptors (Lipinski definition) is 4. The molecule has 0 radical (unpaired) electrons. The summed E-state index contributed by atoms with van der Waals surface area (Å²) < 4.78 is 1.15. The molecule has 0 atom stereocenters. The molecule has 2 aromatic carbocycles. The largest absolute Gasteiger partial charge is 0.506 e. The van der Waals surface area contributed by atoms with Crippen LogP contribution in [0.25, 0.3) is 20.8 Å². The van der Waals surface area contributed by atoms with Crippen molar-refractivity contribution >= 4 is 27.2 Å². The Balaban J connectivity index is 2.19. The van der Waals surface area contributed by atoms with Crippen molar-refractivity contribution in [2.24, 2.45) is 0 Å². The van der Waals surface area contributed by atoms with Crippen LogP contribution in [0.15, 0.2) is 36.4 Å². The van der Waals surface area contributed by atoms with Gasteiger partial charge in [0.2, 0.25) is 0 Å². The first-order chi connectivity index (χ1) is 8.65. The topological polar surface area (TPSA) is 59.1 Å². The maximum Gasteiger partial charge on any atom is 0.139 e. The molecule has 3 N–H and O–H groups in total. The number of aromatic nitrogens is 1. The summed E-state index contributed by atoms with van der Waals surface area (Å²) in [6.45, 7) is 2.05. The monoisotopic (exact) mass is 256 g/mol. The van der Waals surface area contributed by atoms with E-state index in [9.17, 15) is 5.11 Å². The first-order valence-corrected chi connectivity index (χ1v) is 6.42. The number of phenols is 1. The van der Waals surface area contributed by atoms with Gasteiger partial charge < -0.3 is 10.8 Å². The highest BCUT2D eigenvalue weighted by Gasteiger charge is 2.09. The second-order valence-electron chi connectivity index (χ2n) is 4.21. The SMILES string of the molecule is Cc1cccc2sc(-c3ccc(N)c(O)c3)nc12. The van der Waals surface area contributed by atoms with Crippen LogP contribution in [0.4, 0.5) is 5.69 Å². The molecule has 0 bridgehead atoms. The zero-order valence-corrected chi connectivity index (χ0v) is 10.7. The molecule has 0 aliphatic carbocycles. The van der Waals surface area contributed by atoms with Crippen LogP contribution in [0.3, 0.4) is 0 Å². The third-order valence-corrected chi connectivity index (χ3v) is 3.97. The average molecular weight is 256 g/mol. The molecule has 0 spiro atoms. The lowest BCUT2D eigenvalue weighted by Crippen LogP contribution is -1.85. The molecule has 1 heterocycles. The van der Waals surface area contributed by atoms with E-state index in [1.807, 2.05) is 25.1 Å². The molecule has 3 aromatic rings. The normalized spacial score (nSPS) is 10.9. The van der Waals surface area contributed by atoms with Gasteiger partial charge in [0.25, 0.3) is 0 Å². The van der Waals surface area contributed by atoms with Gasteiger partial charge in [-0.25, -0.2) is 4.98 Å². The third-order valence-electron chi connectivity index (χ3n) is 2.90. The second-order valence-corrected chi connectivity index (χ2v) is 5.24. The van der Waals surface area contributed by atoms with E-state index in [0.717, 1.165) is 26.4 Å². The summed E-state index contributed by atoms with van der Waals surface area (Å²) in [6, 6.07) is 11.4. The van der Waals surface area contributed by atoms with Gasteiger partial charge in [0.15, 0.2) is 0 Å². The van der Waals surface area contributed by atoms with Crippen LogP contribution in [-0.4, -0.2) is 10.1 Å². The molecule has 4 heteroatoms. The van der Waals surface area contributed by atoms with Crippen LogP contribution in [-0.2, 0) is 0 Å². The predicted octanol–water partition coefficient (Wildman–Crippen LogP) is 3.56. The van der Waals surface area contributed by atoms with Crippen LogP contribution in [0.2, 0.25) is 0 Å². The van der Waals surface area contributed by atoms with Crippen LogP contribution in [0, 0.1) is 6.92 Å². The first-order valence-electron chi connectivity index (χ1n) is 5.60. The van der Waals surface area contributed by atoms with Crippen LogP contribution in [0.5, 0.6) is 5.75 Å². The lowest BCUT2D eigenvalue weighted by Gasteiger charge is -2.00. The van der Waals surface area contributed by atoms with Crippen molar-refractivity contribution < 1.29 is 5.11 Å². The molecule has 0 fully saturated rings. The van der Waals surface area contributed by atoms with Gasteiger partial charge in [-0.3, -0.25) is 0 Å². The average Bonchev–Trinajstić information content (AvgIpc) is 2.78. The van der Waals surface area contributed by atoms with Gasteiger partial charge >= 0.3 is 0 Å². The van der Waals surface area contributed by atoms with Gasteiger partial charge in [-0.05, 0) is 36.8 Å². The number of anilines is 1. The fourth-order valence-electron chi connectivity index (χ4n) is 1.89. The Labute approximate surface area is 109 Å². The van der Waals surface area contributed by atoms with Crippen molar-refractivity contribution in [2.75, 3.05) is 5.73 Å². The van der Waals surface area contributed by atoms with E-state index in [-0.39, 0.29) is 5.75 Å². The Morgan fingerprint density at radius 1 is 1.22 bits per heavy atom. The van der Waals surface area contributed by atoms with Gasteiger partial charge in [0, 0.05) is 5.56 Å². The zero-order chi connectivity index (χ0) is 12.7. The van der Waals surface area contributed by atoms with Gasteiger partial charge in [-0.2, -0.15) is 0 Å². The summed E-state index contributed by atoms with van der Waals surface area (Å²) in [5.74, 6) is 0.100. The highest BCUT2D eigenvalue weighted by molar-refractivity contribution is 7.21. The molecular formula is C14H12N2OS. The van der Waals surface area contributed by atoms with Crippen molar-refractivity contribution in [2.45, 2.75) is 6.92 Å². The predicted molar refractivity (Wildman–Crippen MR) is 75.9 cm³/mol. The standard InChI is InChI=1S/C14H12N2OS/c1-8-3-2-4-12-13(8)16-14(18-12)9-5-6-10(15)11(17)7-9/h2-7,17H,15H2,1H3. The number of benzene rings is 2. The summed E-state index contributed by atoms with van der Waals surface area (Å²) in [6.07, 6.45) is 0. The quantitative estimate of drug-likeness (QED) is 0.517. The number of aromatic hydroxyl groups is 1. The summed E-state index contributed by atoms with van der Waals surface area (Å²) in [7, 11) is 0. The van der Waals surface area contributed by atoms with Crippen molar-refractivity contribution in [3.05, 3.63) is 42.0 Å². The number of phenolic OH excluding ortho intramolecular Hbond substituents is 1. The maximum absolute atomic E-state index is 9.64. The molecule has 3 rings (SSSR count). The van der Waals surface area contributed by atoms with E-state index in [1.165, 1.54) is 0 Å².